The van der Waals surface area contributed by atoms with Gasteiger partial charge in [0.25, 0.3) is 5.91 Å². The lowest BCUT2D eigenvalue weighted by Crippen LogP contribution is -2.25. The fourth-order valence-corrected chi connectivity index (χ4v) is 3.24. The normalized spacial score (nSPS) is 14.6. The molecule has 1 aliphatic heterocycles. The summed E-state index contributed by atoms with van der Waals surface area (Å²) < 4.78 is 19.8. The summed E-state index contributed by atoms with van der Waals surface area (Å²) in [5, 5.41) is 9.54. The summed E-state index contributed by atoms with van der Waals surface area (Å²) in [5.41, 5.74) is 0.913. The first-order valence-corrected chi connectivity index (χ1v) is 8.94. The number of nitrogens with zero attached hydrogens (tertiary/aromatic N) is 2. The average Bonchev–Trinajstić information content (AvgIpc) is 2.91. The zero-order chi connectivity index (χ0) is 19.6. The molecule has 1 aliphatic rings. The van der Waals surface area contributed by atoms with Crippen LogP contribution < -0.4 is 0 Å². The Bertz CT molecular complexity index is 1010. The third kappa shape index (κ3) is 3.49. The Kier molecular flexibility index (Phi) is 5.38. The lowest BCUT2D eigenvalue weighted by Gasteiger charge is -2.20. The molecule has 0 atom stereocenters. The molecule has 0 aliphatic carbocycles. The Hall–Kier alpha value is -2.98. The number of hydrogen-bond acceptors (Lipinski definition) is 4. The van der Waals surface area contributed by atoms with Crippen molar-refractivity contribution >= 4 is 33.5 Å². The van der Waals surface area contributed by atoms with Gasteiger partial charge < -0.3 is 9.64 Å². The lowest BCUT2D eigenvalue weighted by molar-refractivity contribution is -0.137. The number of nitriles is 1. The summed E-state index contributed by atoms with van der Waals surface area (Å²) in [4.78, 5) is 26.4. The molecule has 1 amide bonds. The number of carbonyl (C=O) groups excluding carboxylic acids is 2. The van der Waals surface area contributed by atoms with Crippen LogP contribution in [0.2, 0.25) is 0 Å². The molecule has 0 saturated heterocycles. The van der Waals surface area contributed by atoms with Gasteiger partial charge in [-0.25, -0.2) is 9.18 Å². The molecule has 7 heteroatoms. The van der Waals surface area contributed by atoms with Crippen molar-refractivity contribution < 1.29 is 18.7 Å². The highest BCUT2D eigenvalue weighted by atomic mass is 79.9. The van der Waals surface area contributed by atoms with Gasteiger partial charge in [0.15, 0.2) is 5.57 Å². The molecule has 5 nitrogen and oxygen atoms in total. The Morgan fingerprint density at radius 3 is 2.59 bits per heavy atom. The molecule has 0 aromatic heterocycles. The first kappa shape index (κ1) is 18.8. The molecule has 0 radical (unpaired) electrons. The summed E-state index contributed by atoms with van der Waals surface area (Å²) >= 11 is 3.19. The molecule has 0 spiro atoms. The van der Waals surface area contributed by atoms with Gasteiger partial charge in [-0.2, -0.15) is 5.26 Å². The highest BCUT2D eigenvalue weighted by Crippen LogP contribution is 2.36. The first-order valence-electron chi connectivity index (χ1n) is 8.14. The van der Waals surface area contributed by atoms with Gasteiger partial charge in [0, 0.05) is 21.2 Å². The number of amides is 1. The van der Waals surface area contributed by atoms with Gasteiger partial charge in [-0.3, -0.25) is 4.79 Å². The Labute approximate surface area is 163 Å². The van der Waals surface area contributed by atoms with E-state index in [9.17, 15) is 19.2 Å². The highest BCUT2D eigenvalue weighted by Gasteiger charge is 2.36. The number of carbonyl (C=O) groups is 2. The van der Waals surface area contributed by atoms with Crippen LogP contribution >= 0.6 is 15.9 Å². The molecular formula is C20H14BrFN2O3. The quantitative estimate of drug-likeness (QED) is 0.418. The maximum atomic E-state index is 14.3. The van der Waals surface area contributed by atoms with E-state index < -0.39 is 17.7 Å². The van der Waals surface area contributed by atoms with E-state index in [1.54, 1.807) is 43.3 Å². The molecule has 3 rings (SSSR count). The maximum Gasteiger partial charge on any atom is 0.351 e. The SMILES string of the molecule is CCOC(=O)/C(C#N)=C1/c2ccccc2C(=O)N1Cc1ccc(Br)cc1F. The standard InChI is InChI=1S/C20H14BrFN2O3/c1-2-27-20(26)16(10-23)18-14-5-3-4-6-15(14)19(25)24(18)11-12-7-8-13(21)9-17(12)22/h3-9H,2,11H2,1H3/b18-16-. The van der Waals surface area contributed by atoms with E-state index in [1.807, 2.05) is 6.07 Å². The Morgan fingerprint density at radius 2 is 1.96 bits per heavy atom. The smallest absolute Gasteiger partial charge is 0.351 e. The van der Waals surface area contributed by atoms with Crippen LogP contribution in [0.3, 0.4) is 0 Å². The van der Waals surface area contributed by atoms with Crippen LogP contribution in [0.1, 0.15) is 28.4 Å². The number of esters is 1. The maximum absolute atomic E-state index is 14.3. The molecule has 1 heterocycles. The van der Waals surface area contributed by atoms with Crippen LogP contribution in [0.5, 0.6) is 0 Å². The van der Waals surface area contributed by atoms with Crippen LogP contribution in [0.4, 0.5) is 4.39 Å². The topological polar surface area (TPSA) is 70.4 Å². The molecule has 0 N–H and O–H groups in total. The highest BCUT2D eigenvalue weighted by molar-refractivity contribution is 9.10. The average molecular weight is 429 g/mol. The van der Waals surface area contributed by atoms with E-state index in [4.69, 9.17) is 4.74 Å². The van der Waals surface area contributed by atoms with Crippen molar-refractivity contribution in [2.24, 2.45) is 0 Å². The molecule has 0 saturated carbocycles. The van der Waals surface area contributed by atoms with Crippen LogP contribution in [0.25, 0.3) is 5.70 Å². The van der Waals surface area contributed by atoms with Crippen molar-refractivity contribution in [1.29, 1.82) is 5.26 Å². The van der Waals surface area contributed by atoms with E-state index in [1.165, 1.54) is 11.0 Å². The molecular weight excluding hydrogens is 415 g/mol. The fourth-order valence-electron chi connectivity index (χ4n) is 2.91. The molecule has 0 bridgehead atoms. The molecule has 136 valence electrons. The summed E-state index contributed by atoms with van der Waals surface area (Å²) in [6.07, 6.45) is 0. The van der Waals surface area contributed by atoms with Gasteiger partial charge in [0.2, 0.25) is 0 Å². The second-order valence-electron chi connectivity index (χ2n) is 5.73. The number of rotatable bonds is 4. The van der Waals surface area contributed by atoms with E-state index in [0.717, 1.165) is 0 Å². The third-order valence-corrected chi connectivity index (χ3v) is 4.59. The van der Waals surface area contributed by atoms with E-state index in [0.29, 0.717) is 15.6 Å². The second kappa shape index (κ2) is 7.72. The van der Waals surface area contributed by atoms with Crippen molar-refractivity contribution in [3.8, 4) is 6.07 Å². The number of halogens is 2. The van der Waals surface area contributed by atoms with Gasteiger partial charge in [0.05, 0.1) is 18.8 Å². The van der Waals surface area contributed by atoms with Gasteiger partial charge >= 0.3 is 5.97 Å². The van der Waals surface area contributed by atoms with E-state index >= 15 is 0 Å². The lowest BCUT2D eigenvalue weighted by atomic mass is 10.0. The van der Waals surface area contributed by atoms with Crippen LogP contribution in [-0.4, -0.2) is 23.4 Å². The minimum Gasteiger partial charge on any atom is -0.462 e. The molecule has 2 aromatic carbocycles. The zero-order valence-electron chi connectivity index (χ0n) is 14.3. The van der Waals surface area contributed by atoms with Crippen molar-refractivity contribution in [3.63, 3.8) is 0 Å². The van der Waals surface area contributed by atoms with Crippen molar-refractivity contribution in [3.05, 3.63) is 75.0 Å². The largest absolute Gasteiger partial charge is 0.462 e. The number of benzene rings is 2. The van der Waals surface area contributed by atoms with E-state index in [2.05, 4.69) is 15.9 Å². The summed E-state index contributed by atoms with van der Waals surface area (Å²) in [7, 11) is 0. The summed E-state index contributed by atoms with van der Waals surface area (Å²) in [6.45, 7) is 1.60. The van der Waals surface area contributed by atoms with Crippen LogP contribution in [-0.2, 0) is 16.1 Å². The predicted octanol–water partition coefficient (Wildman–Crippen LogP) is 4.04. The van der Waals surface area contributed by atoms with Crippen LogP contribution in [0.15, 0.2) is 52.5 Å². The Morgan fingerprint density at radius 1 is 1.26 bits per heavy atom. The number of ether oxygens (including phenoxy) is 1. The minimum atomic E-state index is -0.819. The second-order valence-corrected chi connectivity index (χ2v) is 6.64. The first-order chi connectivity index (χ1) is 13.0. The number of hydrogen-bond donors (Lipinski definition) is 0. The van der Waals surface area contributed by atoms with Crippen molar-refractivity contribution in [2.45, 2.75) is 13.5 Å². The minimum absolute atomic E-state index is 0.0915. The van der Waals surface area contributed by atoms with Crippen molar-refractivity contribution in [1.82, 2.24) is 4.90 Å². The molecule has 0 fully saturated rings. The summed E-state index contributed by atoms with van der Waals surface area (Å²) in [5.74, 6) is -1.72. The molecule has 27 heavy (non-hydrogen) atoms. The predicted molar refractivity (Wildman–Crippen MR) is 99.6 cm³/mol. The molecule has 0 unspecified atom stereocenters. The Balaban J connectivity index is 2.15. The number of fused-ring (bicyclic) bond motifs is 1. The summed E-state index contributed by atoms with van der Waals surface area (Å²) in [6, 6.07) is 13.0. The monoisotopic (exact) mass is 428 g/mol. The van der Waals surface area contributed by atoms with Gasteiger partial charge in [0.1, 0.15) is 11.9 Å². The van der Waals surface area contributed by atoms with Gasteiger partial charge in [-0.05, 0) is 25.1 Å². The van der Waals surface area contributed by atoms with E-state index in [-0.39, 0.29) is 30.0 Å². The van der Waals surface area contributed by atoms with Crippen LogP contribution in [0, 0.1) is 17.1 Å². The fraction of sp³-hybridized carbons (Fsp3) is 0.150. The van der Waals surface area contributed by atoms with Gasteiger partial charge in [-0.1, -0.05) is 40.2 Å². The van der Waals surface area contributed by atoms with Gasteiger partial charge in [-0.15, -0.1) is 0 Å². The molecule has 2 aromatic rings. The van der Waals surface area contributed by atoms with Crippen molar-refractivity contribution in [2.75, 3.05) is 6.61 Å². The zero-order valence-corrected chi connectivity index (χ0v) is 15.9. The third-order valence-electron chi connectivity index (χ3n) is 4.10.